The van der Waals surface area contributed by atoms with Gasteiger partial charge >= 0.3 is 0 Å². The van der Waals surface area contributed by atoms with Crippen molar-refractivity contribution in [2.45, 2.75) is 25.9 Å². The highest BCUT2D eigenvalue weighted by Crippen LogP contribution is 2.29. The van der Waals surface area contributed by atoms with Gasteiger partial charge in [-0.2, -0.15) is 0 Å². The molecule has 5 nitrogen and oxygen atoms in total. The Morgan fingerprint density at radius 1 is 1.12 bits per heavy atom. The SMILES string of the molecule is Cc1cc(OC2CCN(C)CC2)ccc1-c1ccc([N+](=O)[O-])cc1. The third-order valence-corrected chi connectivity index (χ3v) is 4.56. The van der Waals surface area contributed by atoms with E-state index in [0.717, 1.165) is 48.4 Å². The van der Waals surface area contributed by atoms with Crippen LogP contribution in [0, 0.1) is 17.0 Å². The van der Waals surface area contributed by atoms with E-state index >= 15 is 0 Å². The molecule has 5 heteroatoms. The van der Waals surface area contributed by atoms with Gasteiger partial charge in [0.05, 0.1) is 4.92 Å². The van der Waals surface area contributed by atoms with E-state index in [-0.39, 0.29) is 16.7 Å². The number of piperidine rings is 1. The summed E-state index contributed by atoms with van der Waals surface area (Å²) < 4.78 is 6.11. The van der Waals surface area contributed by atoms with Crippen molar-refractivity contribution in [3.05, 3.63) is 58.1 Å². The van der Waals surface area contributed by atoms with Crippen LogP contribution in [0.4, 0.5) is 5.69 Å². The van der Waals surface area contributed by atoms with E-state index in [4.69, 9.17) is 4.74 Å². The predicted molar refractivity (Wildman–Crippen MR) is 94.4 cm³/mol. The lowest BCUT2D eigenvalue weighted by Gasteiger charge is -2.29. The van der Waals surface area contributed by atoms with Gasteiger partial charge in [-0.15, -0.1) is 0 Å². The Balaban J connectivity index is 1.73. The molecule has 0 unspecified atom stereocenters. The van der Waals surface area contributed by atoms with Crippen molar-refractivity contribution in [1.82, 2.24) is 4.90 Å². The molecule has 3 rings (SSSR count). The molecule has 0 spiro atoms. The van der Waals surface area contributed by atoms with Gasteiger partial charge in [-0.05, 0) is 67.8 Å². The van der Waals surface area contributed by atoms with Gasteiger partial charge in [-0.3, -0.25) is 10.1 Å². The summed E-state index contributed by atoms with van der Waals surface area (Å²) >= 11 is 0. The maximum absolute atomic E-state index is 10.8. The van der Waals surface area contributed by atoms with Crippen LogP contribution >= 0.6 is 0 Å². The molecule has 0 bridgehead atoms. The van der Waals surface area contributed by atoms with Gasteiger partial charge in [-0.25, -0.2) is 0 Å². The number of nitro groups is 1. The molecule has 0 aliphatic carbocycles. The summed E-state index contributed by atoms with van der Waals surface area (Å²) in [5.74, 6) is 0.896. The van der Waals surface area contributed by atoms with Crippen molar-refractivity contribution in [3.8, 4) is 16.9 Å². The number of non-ortho nitro benzene ring substituents is 1. The molecule has 1 aliphatic rings. The maximum atomic E-state index is 10.8. The highest BCUT2D eigenvalue weighted by molar-refractivity contribution is 5.69. The monoisotopic (exact) mass is 326 g/mol. The van der Waals surface area contributed by atoms with Gasteiger partial charge in [-0.1, -0.05) is 6.07 Å². The molecule has 0 amide bonds. The van der Waals surface area contributed by atoms with E-state index in [9.17, 15) is 10.1 Å². The minimum absolute atomic E-state index is 0.110. The van der Waals surface area contributed by atoms with Gasteiger partial charge in [0.25, 0.3) is 5.69 Å². The third-order valence-electron chi connectivity index (χ3n) is 4.56. The van der Waals surface area contributed by atoms with Crippen LogP contribution < -0.4 is 4.74 Å². The number of nitrogens with zero attached hydrogens (tertiary/aromatic N) is 2. The molecule has 126 valence electrons. The Hall–Kier alpha value is -2.40. The molecule has 2 aromatic carbocycles. The number of likely N-dealkylation sites (tertiary alicyclic amines) is 1. The first-order chi connectivity index (χ1) is 11.5. The zero-order valence-corrected chi connectivity index (χ0v) is 14.1. The largest absolute Gasteiger partial charge is 0.490 e. The predicted octanol–water partition coefficient (Wildman–Crippen LogP) is 4.04. The van der Waals surface area contributed by atoms with Crippen LogP contribution in [-0.4, -0.2) is 36.1 Å². The number of rotatable bonds is 4. The average molecular weight is 326 g/mol. The number of nitro benzene ring substituents is 1. The molecule has 0 saturated carbocycles. The zero-order chi connectivity index (χ0) is 17.1. The smallest absolute Gasteiger partial charge is 0.269 e. The van der Waals surface area contributed by atoms with Gasteiger partial charge < -0.3 is 9.64 Å². The average Bonchev–Trinajstić information content (AvgIpc) is 2.57. The van der Waals surface area contributed by atoms with Crippen molar-refractivity contribution in [2.75, 3.05) is 20.1 Å². The fourth-order valence-corrected chi connectivity index (χ4v) is 3.09. The molecule has 2 aromatic rings. The second kappa shape index (κ2) is 7.01. The van der Waals surface area contributed by atoms with Crippen molar-refractivity contribution >= 4 is 5.69 Å². The Bertz CT molecular complexity index is 720. The summed E-state index contributed by atoms with van der Waals surface area (Å²) in [6.07, 6.45) is 2.39. The topological polar surface area (TPSA) is 55.6 Å². The quantitative estimate of drug-likeness (QED) is 0.628. The molecular weight excluding hydrogens is 304 g/mol. The lowest BCUT2D eigenvalue weighted by molar-refractivity contribution is -0.384. The standard InChI is InChI=1S/C19H22N2O3/c1-14-13-18(24-17-9-11-20(2)12-10-17)7-8-19(14)15-3-5-16(6-4-15)21(22)23/h3-8,13,17H,9-12H2,1-2H3. The molecule has 1 saturated heterocycles. The van der Waals surface area contributed by atoms with Crippen LogP contribution in [-0.2, 0) is 0 Å². The molecule has 0 aromatic heterocycles. The van der Waals surface area contributed by atoms with Crippen molar-refractivity contribution in [3.63, 3.8) is 0 Å². The van der Waals surface area contributed by atoms with E-state index in [2.05, 4.69) is 18.0 Å². The molecule has 24 heavy (non-hydrogen) atoms. The number of benzene rings is 2. The van der Waals surface area contributed by atoms with Crippen molar-refractivity contribution < 1.29 is 9.66 Å². The van der Waals surface area contributed by atoms with Gasteiger partial charge in [0.15, 0.2) is 0 Å². The molecular formula is C19H22N2O3. The maximum Gasteiger partial charge on any atom is 0.269 e. The van der Waals surface area contributed by atoms with Crippen LogP contribution in [0.15, 0.2) is 42.5 Å². The van der Waals surface area contributed by atoms with E-state index in [1.807, 2.05) is 19.1 Å². The number of hydrogen-bond acceptors (Lipinski definition) is 4. The lowest BCUT2D eigenvalue weighted by atomic mass is 10.00. The van der Waals surface area contributed by atoms with E-state index < -0.39 is 0 Å². The molecule has 0 radical (unpaired) electrons. The number of aryl methyl sites for hydroxylation is 1. The van der Waals surface area contributed by atoms with E-state index in [0.29, 0.717) is 0 Å². The highest BCUT2D eigenvalue weighted by atomic mass is 16.6. The summed E-state index contributed by atoms with van der Waals surface area (Å²) in [5.41, 5.74) is 3.26. The summed E-state index contributed by atoms with van der Waals surface area (Å²) in [4.78, 5) is 12.7. The number of ether oxygens (including phenoxy) is 1. The second-order valence-corrected chi connectivity index (χ2v) is 6.40. The highest BCUT2D eigenvalue weighted by Gasteiger charge is 2.18. The van der Waals surface area contributed by atoms with Gasteiger partial charge in [0, 0.05) is 25.2 Å². The van der Waals surface area contributed by atoms with Crippen LogP contribution in [0.3, 0.4) is 0 Å². The first-order valence-corrected chi connectivity index (χ1v) is 8.23. The Morgan fingerprint density at radius 2 is 1.79 bits per heavy atom. The second-order valence-electron chi connectivity index (χ2n) is 6.40. The van der Waals surface area contributed by atoms with Crippen molar-refractivity contribution in [2.24, 2.45) is 0 Å². The van der Waals surface area contributed by atoms with Crippen LogP contribution in [0.5, 0.6) is 5.75 Å². The Morgan fingerprint density at radius 3 is 2.38 bits per heavy atom. The van der Waals surface area contributed by atoms with Gasteiger partial charge in [0.1, 0.15) is 11.9 Å². The summed E-state index contributed by atoms with van der Waals surface area (Å²) in [5, 5.41) is 10.8. The minimum Gasteiger partial charge on any atom is -0.490 e. The van der Waals surface area contributed by atoms with Crippen LogP contribution in [0.2, 0.25) is 0 Å². The lowest BCUT2D eigenvalue weighted by Crippen LogP contribution is -2.35. The van der Waals surface area contributed by atoms with Crippen LogP contribution in [0.1, 0.15) is 18.4 Å². The molecule has 1 heterocycles. The molecule has 0 atom stereocenters. The fourth-order valence-electron chi connectivity index (χ4n) is 3.09. The number of hydrogen-bond donors (Lipinski definition) is 0. The summed E-state index contributed by atoms with van der Waals surface area (Å²) in [6.45, 7) is 4.19. The zero-order valence-electron chi connectivity index (χ0n) is 14.1. The van der Waals surface area contributed by atoms with Crippen molar-refractivity contribution in [1.29, 1.82) is 0 Å². The fraction of sp³-hybridized carbons (Fsp3) is 0.368. The third kappa shape index (κ3) is 3.74. The normalized spacial score (nSPS) is 16.1. The van der Waals surface area contributed by atoms with E-state index in [1.165, 1.54) is 12.1 Å². The van der Waals surface area contributed by atoms with Crippen LogP contribution in [0.25, 0.3) is 11.1 Å². The summed E-state index contributed by atoms with van der Waals surface area (Å²) in [6, 6.07) is 12.7. The van der Waals surface area contributed by atoms with E-state index in [1.54, 1.807) is 12.1 Å². The van der Waals surface area contributed by atoms with Gasteiger partial charge in [0.2, 0.25) is 0 Å². The summed E-state index contributed by atoms with van der Waals surface area (Å²) in [7, 11) is 2.14. The first-order valence-electron chi connectivity index (χ1n) is 8.23. The first kappa shape index (κ1) is 16.5. The minimum atomic E-state index is -0.380. The Kier molecular flexibility index (Phi) is 4.81. The molecule has 0 N–H and O–H groups in total. The molecule has 1 aliphatic heterocycles. The molecule has 1 fully saturated rings. The Labute approximate surface area is 142 Å².